The van der Waals surface area contributed by atoms with Gasteiger partial charge in [-0.3, -0.25) is 14.5 Å². The molecule has 2 saturated heterocycles. The highest BCUT2D eigenvalue weighted by molar-refractivity contribution is 7.99. The fourth-order valence-corrected chi connectivity index (χ4v) is 5.75. The Balaban J connectivity index is 1.14. The first-order chi connectivity index (χ1) is 17.2. The number of piperazine rings is 1. The Morgan fingerprint density at radius 3 is 2.17 bits per heavy atom. The molecule has 3 aromatic rings. The molecule has 0 radical (unpaired) electrons. The van der Waals surface area contributed by atoms with Gasteiger partial charge in [0, 0.05) is 55.4 Å². The summed E-state index contributed by atoms with van der Waals surface area (Å²) >= 11 is 1.61. The lowest BCUT2D eigenvalue weighted by molar-refractivity contribution is -0.119. The zero-order chi connectivity index (χ0) is 24.0. The second kappa shape index (κ2) is 11.0. The summed E-state index contributed by atoms with van der Waals surface area (Å²) in [4.78, 5) is 32.4. The minimum Gasteiger partial charge on any atom is -0.369 e. The molecule has 1 N–H and O–H groups in total. The van der Waals surface area contributed by atoms with Crippen molar-refractivity contribution in [2.45, 2.75) is 12.6 Å². The molecular formula is C28H30N4O2S. The summed E-state index contributed by atoms with van der Waals surface area (Å²) in [5.74, 6) is 0.899. The Kier molecular flexibility index (Phi) is 7.35. The van der Waals surface area contributed by atoms with E-state index in [1.54, 1.807) is 28.8 Å². The molecule has 2 heterocycles. The molecule has 2 aliphatic heterocycles. The summed E-state index contributed by atoms with van der Waals surface area (Å²) in [6.45, 7) is 5.00. The van der Waals surface area contributed by atoms with Crippen molar-refractivity contribution in [2.75, 3.05) is 48.0 Å². The number of nitrogens with zero attached hydrogens (tertiary/aromatic N) is 3. The van der Waals surface area contributed by atoms with Crippen molar-refractivity contribution in [3.05, 3.63) is 96.1 Å². The molecule has 180 valence electrons. The number of nitrogens with one attached hydrogen (secondary N) is 1. The zero-order valence-electron chi connectivity index (χ0n) is 19.7. The molecule has 1 atom stereocenters. The summed E-state index contributed by atoms with van der Waals surface area (Å²) in [5, 5.41) is 3.01. The average Bonchev–Trinajstić information content (AvgIpc) is 3.41. The van der Waals surface area contributed by atoms with Crippen molar-refractivity contribution in [3.63, 3.8) is 0 Å². The van der Waals surface area contributed by atoms with Crippen LogP contribution in [-0.4, -0.2) is 65.5 Å². The fraction of sp³-hybridized carbons (Fsp3) is 0.286. The Labute approximate surface area is 210 Å². The Morgan fingerprint density at radius 2 is 1.49 bits per heavy atom. The van der Waals surface area contributed by atoms with Gasteiger partial charge in [0.1, 0.15) is 6.04 Å². The lowest BCUT2D eigenvalue weighted by Crippen LogP contribution is -2.46. The van der Waals surface area contributed by atoms with Crippen LogP contribution in [0.25, 0.3) is 0 Å². The molecule has 0 saturated carbocycles. The van der Waals surface area contributed by atoms with Crippen molar-refractivity contribution >= 4 is 35.0 Å². The summed E-state index contributed by atoms with van der Waals surface area (Å²) in [7, 11) is 0. The Hall–Kier alpha value is -3.29. The minimum atomic E-state index is -0.468. The van der Waals surface area contributed by atoms with Gasteiger partial charge in [0.15, 0.2) is 0 Å². The number of carbonyl (C=O) groups is 2. The van der Waals surface area contributed by atoms with E-state index in [1.807, 2.05) is 30.3 Å². The van der Waals surface area contributed by atoms with Crippen LogP contribution in [0.4, 0.5) is 11.4 Å². The average molecular weight is 487 g/mol. The Morgan fingerprint density at radius 1 is 0.829 bits per heavy atom. The molecule has 2 amide bonds. The Bertz CT molecular complexity index is 1130. The number of anilines is 2. The number of carbonyl (C=O) groups excluding carboxylic acids is 2. The molecule has 7 heteroatoms. The number of amides is 2. The van der Waals surface area contributed by atoms with Crippen LogP contribution in [0.2, 0.25) is 0 Å². The van der Waals surface area contributed by atoms with Gasteiger partial charge in [-0.2, -0.15) is 0 Å². The van der Waals surface area contributed by atoms with Crippen molar-refractivity contribution in [1.29, 1.82) is 0 Å². The molecule has 5 rings (SSSR count). The van der Waals surface area contributed by atoms with Gasteiger partial charge in [-0.15, -0.1) is 11.8 Å². The second-order valence-corrected chi connectivity index (χ2v) is 9.94. The lowest BCUT2D eigenvalue weighted by Gasteiger charge is -2.36. The van der Waals surface area contributed by atoms with Crippen LogP contribution in [-0.2, 0) is 11.3 Å². The standard InChI is InChI=1S/C28H30N4O2S/c33-27(26-20-35-21-32(26)28(34)23-9-5-2-6-10-23)29-24-11-13-25(14-12-24)31-17-15-30(16-18-31)19-22-7-3-1-4-8-22/h1-14,26H,15-21H2,(H,29,33)/t26-/m0/s1. The first-order valence-corrected chi connectivity index (χ1v) is 13.2. The van der Waals surface area contributed by atoms with Gasteiger partial charge in [-0.1, -0.05) is 48.5 Å². The van der Waals surface area contributed by atoms with Crippen LogP contribution >= 0.6 is 11.8 Å². The smallest absolute Gasteiger partial charge is 0.255 e. The molecule has 0 spiro atoms. The lowest BCUT2D eigenvalue weighted by atomic mass is 10.1. The first kappa shape index (κ1) is 23.5. The SMILES string of the molecule is O=C(Nc1ccc(N2CCN(Cc3ccccc3)CC2)cc1)[C@@H]1CSCN1C(=O)c1ccccc1. The van der Waals surface area contributed by atoms with Gasteiger partial charge in [0.05, 0.1) is 5.88 Å². The normalized spacial score (nSPS) is 18.5. The predicted molar refractivity (Wildman–Crippen MR) is 143 cm³/mol. The molecule has 35 heavy (non-hydrogen) atoms. The number of thioether (sulfide) groups is 1. The highest BCUT2D eigenvalue weighted by Gasteiger charge is 2.35. The van der Waals surface area contributed by atoms with Crippen molar-refractivity contribution in [3.8, 4) is 0 Å². The van der Waals surface area contributed by atoms with E-state index in [2.05, 4.69) is 57.6 Å². The van der Waals surface area contributed by atoms with E-state index in [4.69, 9.17) is 0 Å². The molecule has 2 fully saturated rings. The van der Waals surface area contributed by atoms with Crippen LogP contribution in [0.15, 0.2) is 84.9 Å². The van der Waals surface area contributed by atoms with E-state index in [0.29, 0.717) is 17.2 Å². The predicted octanol–water partition coefficient (Wildman–Crippen LogP) is 4.16. The van der Waals surface area contributed by atoms with Gasteiger partial charge in [0.2, 0.25) is 5.91 Å². The van der Waals surface area contributed by atoms with E-state index in [1.165, 1.54) is 11.3 Å². The zero-order valence-corrected chi connectivity index (χ0v) is 20.5. The van der Waals surface area contributed by atoms with Crippen molar-refractivity contribution < 1.29 is 9.59 Å². The summed E-state index contributed by atoms with van der Waals surface area (Å²) in [6.07, 6.45) is 0. The van der Waals surface area contributed by atoms with Crippen LogP contribution in [0.3, 0.4) is 0 Å². The number of benzene rings is 3. The second-order valence-electron chi connectivity index (χ2n) is 8.94. The minimum absolute atomic E-state index is 0.0995. The van der Waals surface area contributed by atoms with E-state index >= 15 is 0 Å². The topological polar surface area (TPSA) is 55.9 Å². The third kappa shape index (κ3) is 5.69. The maximum absolute atomic E-state index is 13.0. The molecule has 2 aliphatic rings. The van der Waals surface area contributed by atoms with Crippen LogP contribution in [0.5, 0.6) is 0 Å². The van der Waals surface area contributed by atoms with Gasteiger partial charge in [-0.05, 0) is 42.0 Å². The van der Waals surface area contributed by atoms with E-state index in [-0.39, 0.29) is 11.8 Å². The maximum Gasteiger partial charge on any atom is 0.255 e. The van der Waals surface area contributed by atoms with Crippen LogP contribution in [0, 0.1) is 0 Å². The first-order valence-electron chi connectivity index (χ1n) is 12.0. The fourth-order valence-electron chi connectivity index (χ4n) is 4.59. The molecule has 0 unspecified atom stereocenters. The largest absolute Gasteiger partial charge is 0.369 e. The molecule has 6 nitrogen and oxygen atoms in total. The van der Waals surface area contributed by atoms with Gasteiger partial charge < -0.3 is 15.1 Å². The summed E-state index contributed by atoms with van der Waals surface area (Å²) < 4.78 is 0. The van der Waals surface area contributed by atoms with Gasteiger partial charge in [-0.25, -0.2) is 0 Å². The maximum atomic E-state index is 13.0. The molecule has 0 aliphatic carbocycles. The molecule has 3 aromatic carbocycles. The van der Waals surface area contributed by atoms with Crippen molar-refractivity contribution in [2.24, 2.45) is 0 Å². The van der Waals surface area contributed by atoms with E-state index < -0.39 is 6.04 Å². The van der Waals surface area contributed by atoms with Crippen molar-refractivity contribution in [1.82, 2.24) is 9.80 Å². The number of hydrogen-bond donors (Lipinski definition) is 1. The molecule has 0 bridgehead atoms. The summed E-state index contributed by atoms with van der Waals surface area (Å²) in [6, 6.07) is 27.3. The molecule has 0 aromatic heterocycles. The summed E-state index contributed by atoms with van der Waals surface area (Å²) in [5.41, 5.74) is 3.89. The quantitative estimate of drug-likeness (QED) is 0.567. The highest BCUT2D eigenvalue weighted by atomic mass is 32.2. The van der Waals surface area contributed by atoms with Gasteiger partial charge >= 0.3 is 0 Å². The van der Waals surface area contributed by atoms with E-state index in [0.717, 1.165) is 38.4 Å². The van der Waals surface area contributed by atoms with Crippen LogP contribution in [0.1, 0.15) is 15.9 Å². The molecular weight excluding hydrogens is 456 g/mol. The highest BCUT2D eigenvalue weighted by Crippen LogP contribution is 2.25. The monoisotopic (exact) mass is 486 g/mol. The van der Waals surface area contributed by atoms with Crippen LogP contribution < -0.4 is 10.2 Å². The third-order valence-electron chi connectivity index (χ3n) is 6.59. The number of hydrogen-bond acceptors (Lipinski definition) is 5. The van der Waals surface area contributed by atoms with E-state index in [9.17, 15) is 9.59 Å². The number of rotatable bonds is 6. The van der Waals surface area contributed by atoms with Gasteiger partial charge in [0.25, 0.3) is 5.91 Å². The third-order valence-corrected chi connectivity index (χ3v) is 7.60.